The highest BCUT2D eigenvalue weighted by Crippen LogP contribution is 2.26. The normalized spacial score (nSPS) is 18.9. The number of benzene rings is 1. The van der Waals surface area contributed by atoms with Gasteiger partial charge in [0.15, 0.2) is 5.82 Å². The molecule has 1 saturated heterocycles. The van der Waals surface area contributed by atoms with Crippen LogP contribution in [0.2, 0.25) is 0 Å². The molecular formula is C15H21N5. The third-order valence-electron chi connectivity index (χ3n) is 3.86. The number of hydrogen-bond acceptors (Lipinski definition) is 4. The average molecular weight is 271 g/mol. The lowest BCUT2D eigenvalue weighted by atomic mass is 9.99. The molecule has 0 bridgehead atoms. The molecule has 3 rings (SSSR count). The number of nitrogens with zero attached hydrogens (tertiary/aromatic N) is 3. The van der Waals surface area contributed by atoms with E-state index in [0.717, 1.165) is 36.7 Å². The SMILES string of the molecule is Cn1cnnc1-c1ccccc1NCC1CCCNC1. The minimum absolute atomic E-state index is 0.705. The first-order valence-electron chi connectivity index (χ1n) is 7.22. The summed E-state index contributed by atoms with van der Waals surface area (Å²) in [5, 5.41) is 15.2. The molecule has 1 aromatic heterocycles. The van der Waals surface area contributed by atoms with Gasteiger partial charge in [0.1, 0.15) is 6.33 Å². The molecule has 2 heterocycles. The Bertz CT molecular complexity index is 557. The number of piperidine rings is 1. The van der Waals surface area contributed by atoms with Crippen LogP contribution in [0.3, 0.4) is 0 Å². The first kappa shape index (κ1) is 13.1. The van der Waals surface area contributed by atoms with Gasteiger partial charge in [0.2, 0.25) is 0 Å². The molecule has 0 spiro atoms. The maximum absolute atomic E-state index is 4.20. The van der Waals surface area contributed by atoms with Crippen LogP contribution in [0.4, 0.5) is 5.69 Å². The predicted octanol–water partition coefficient (Wildman–Crippen LogP) is 1.89. The summed E-state index contributed by atoms with van der Waals surface area (Å²) in [7, 11) is 1.97. The van der Waals surface area contributed by atoms with Crippen molar-refractivity contribution in [3.63, 3.8) is 0 Å². The van der Waals surface area contributed by atoms with Crippen LogP contribution in [0.15, 0.2) is 30.6 Å². The van der Waals surface area contributed by atoms with Crippen molar-refractivity contribution in [3.8, 4) is 11.4 Å². The third-order valence-corrected chi connectivity index (χ3v) is 3.86. The summed E-state index contributed by atoms with van der Waals surface area (Å²) in [6, 6.07) is 8.30. The molecule has 1 atom stereocenters. The molecule has 5 nitrogen and oxygen atoms in total. The van der Waals surface area contributed by atoms with Crippen molar-refractivity contribution in [2.75, 3.05) is 25.0 Å². The van der Waals surface area contributed by atoms with Crippen molar-refractivity contribution >= 4 is 5.69 Å². The first-order valence-corrected chi connectivity index (χ1v) is 7.22. The number of para-hydroxylation sites is 1. The Balaban J connectivity index is 1.74. The van der Waals surface area contributed by atoms with E-state index in [1.165, 1.54) is 12.8 Å². The lowest BCUT2D eigenvalue weighted by molar-refractivity contribution is 0.393. The fourth-order valence-electron chi connectivity index (χ4n) is 2.71. The Labute approximate surface area is 119 Å². The summed E-state index contributed by atoms with van der Waals surface area (Å²) in [5.74, 6) is 1.60. The van der Waals surface area contributed by atoms with Gasteiger partial charge in [0.05, 0.1) is 0 Å². The molecule has 1 unspecified atom stereocenters. The number of nitrogens with one attached hydrogen (secondary N) is 2. The molecule has 0 amide bonds. The summed E-state index contributed by atoms with van der Waals surface area (Å²) in [4.78, 5) is 0. The van der Waals surface area contributed by atoms with Gasteiger partial charge in [-0.05, 0) is 44.0 Å². The molecule has 1 fully saturated rings. The Hall–Kier alpha value is -1.88. The maximum atomic E-state index is 4.20. The van der Waals surface area contributed by atoms with Crippen LogP contribution in [0.1, 0.15) is 12.8 Å². The van der Waals surface area contributed by atoms with Crippen molar-refractivity contribution in [1.29, 1.82) is 0 Å². The van der Waals surface area contributed by atoms with E-state index in [4.69, 9.17) is 0 Å². The van der Waals surface area contributed by atoms with E-state index in [9.17, 15) is 0 Å². The zero-order valence-electron chi connectivity index (χ0n) is 11.8. The van der Waals surface area contributed by atoms with Crippen LogP contribution in [0, 0.1) is 5.92 Å². The topological polar surface area (TPSA) is 54.8 Å². The zero-order chi connectivity index (χ0) is 13.8. The fraction of sp³-hybridized carbons (Fsp3) is 0.467. The predicted molar refractivity (Wildman–Crippen MR) is 80.5 cm³/mol. The van der Waals surface area contributed by atoms with Crippen molar-refractivity contribution in [1.82, 2.24) is 20.1 Å². The minimum Gasteiger partial charge on any atom is -0.384 e. The van der Waals surface area contributed by atoms with Crippen LogP contribution in [0.5, 0.6) is 0 Å². The first-order chi connectivity index (χ1) is 9.84. The van der Waals surface area contributed by atoms with Gasteiger partial charge in [0, 0.05) is 24.8 Å². The zero-order valence-corrected chi connectivity index (χ0v) is 11.8. The number of aromatic nitrogens is 3. The maximum Gasteiger partial charge on any atom is 0.165 e. The minimum atomic E-state index is 0.705. The Morgan fingerprint density at radius 3 is 3.05 bits per heavy atom. The number of anilines is 1. The highest BCUT2D eigenvalue weighted by atomic mass is 15.2. The van der Waals surface area contributed by atoms with Gasteiger partial charge >= 0.3 is 0 Å². The van der Waals surface area contributed by atoms with Crippen LogP contribution in [-0.2, 0) is 7.05 Å². The lowest BCUT2D eigenvalue weighted by Gasteiger charge is -2.24. The van der Waals surface area contributed by atoms with E-state index in [2.05, 4.69) is 39.0 Å². The van der Waals surface area contributed by atoms with Gasteiger partial charge in [-0.3, -0.25) is 0 Å². The largest absolute Gasteiger partial charge is 0.384 e. The van der Waals surface area contributed by atoms with Crippen molar-refractivity contribution in [3.05, 3.63) is 30.6 Å². The lowest BCUT2D eigenvalue weighted by Crippen LogP contribution is -2.33. The molecule has 106 valence electrons. The van der Waals surface area contributed by atoms with Gasteiger partial charge < -0.3 is 15.2 Å². The van der Waals surface area contributed by atoms with Crippen LogP contribution < -0.4 is 10.6 Å². The standard InChI is InChI=1S/C15H21N5/c1-20-11-18-19-15(20)13-6-2-3-7-14(13)17-10-12-5-4-8-16-9-12/h2-3,6-7,11-12,16-17H,4-5,8-10H2,1H3. The molecule has 0 saturated carbocycles. The van der Waals surface area contributed by atoms with Crippen LogP contribution in [0.25, 0.3) is 11.4 Å². The summed E-state index contributed by atoms with van der Waals surface area (Å²) >= 11 is 0. The third kappa shape index (κ3) is 2.82. The highest BCUT2D eigenvalue weighted by Gasteiger charge is 2.14. The van der Waals surface area contributed by atoms with E-state index in [-0.39, 0.29) is 0 Å². The van der Waals surface area contributed by atoms with Crippen molar-refractivity contribution < 1.29 is 0 Å². The molecule has 2 N–H and O–H groups in total. The van der Waals surface area contributed by atoms with E-state index in [0.29, 0.717) is 5.92 Å². The molecule has 2 aromatic rings. The Morgan fingerprint density at radius 1 is 1.40 bits per heavy atom. The second-order valence-electron chi connectivity index (χ2n) is 5.40. The van der Waals surface area contributed by atoms with E-state index < -0.39 is 0 Å². The van der Waals surface area contributed by atoms with E-state index in [1.807, 2.05) is 17.7 Å². The molecule has 0 aliphatic carbocycles. The monoisotopic (exact) mass is 271 g/mol. The molecule has 0 radical (unpaired) electrons. The Kier molecular flexibility index (Phi) is 3.97. The molecule has 1 aliphatic rings. The van der Waals surface area contributed by atoms with Gasteiger partial charge in [-0.25, -0.2) is 0 Å². The fourth-order valence-corrected chi connectivity index (χ4v) is 2.71. The Morgan fingerprint density at radius 2 is 2.30 bits per heavy atom. The molecule has 20 heavy (non-hydrogen) atoms. The molecule has 5 heteroatoms. The number of rotatable bonds is 4. The summed E-state index contributed by atoms with van der Waals surface area (Å²) in [5.41, 5.74) is 2.24. The summed E-state index contributed by atoms with van der Waals surface area (Å²) < 4.78 is 1.95. The number of hydrogen-bond donors (Lipinski definition) is 2. The van der Waals surface area contributed by atoms with Gasteiger partial charge in [-0.2, -0.15) is 0 Å². The highest BCUT2D eigenvalue weighted by molar-refractivity contribution is 5.73. The van der Waals surface area contributed by atoms with Crippen LogP contribution in [-0.4, -0.2) is 34.4 Å². The van der Waals surface area contributed by atoms with Gasteiger partial charge in [-0.1, -0.05) is 12.1 Å². The second-order valence-corrected chi connectivity index (χ2v) is 5.40. The molecular weight excluding hydrogens is 250 g/mol. The van der Waals surface area contributed by atoms with Crippen molar-refractivity contribution in [2.24, 2.45) is 13.0 Å². The summed E-state index contributed by atoms with van der Waals surface area (Å²) in [6.45, 7) is 3.27. The van der Waals surface area contributed by atoms with Gasteiger partial charge in [-0.15, -0.1) is 10.2 Å². The van der Waals surface area contributed by atoms with Crippen molar-refractivity contribution in [2.45, 2.75) is 12.8 Å². The van der Waals surface area contributed by atoms with E-state index >= 15 is 0 Å². The quantitative estimate of drug-likeness (QED) is 0.891. The number of aryl methyl sites for hydroxylation is 1. The molecule has 1 aromatic carbocycles. The summed E-state index contributed by atoms with van der Waals surface area (Å²) in [6.07, 6.45) is 4.31. The second kappa shape index (κ2) is 6.05. The van der Waals surface area contributed by atoms with E-state index in [1.54, 1.807) is 6.33 Å². The average Bonchev–Trinajstić information content (AvgIpc) is 2.92. The van der Waals surface area contributed by atoms with Crippen LogP contribution >= 0.6 is 0 Å². The van der Waals surface area contributed by atoms with Gasteiger partial charge in [0.25, 0.3) is 0 Å². The molecule has 1 aliphatic heterocycles. The smallest absolute Gasteiger partial charge is 0.165 e.